The van der Waals surface area contributed by atoms with Crippen LogP contribution in [-0.4, -0.2) is 15.7 Å². The lowest BCUT2D eigenvalue weighted by Gasteiger charge is -2.13. The van der Waals surface area contributed by atoms with Crippen molar-refractivity contribution in [3.8, 4) is 5.75 Å². The number of nitrogens with one attached hydrogen (secondary N) is 1. The summed E-state index contributed by atoms with van der Waals surface area (Å²) in [6.07, 6.45) is 1.83. The average Bonchev–Trinajstić information content (AvgIpc) is 3.38. The predicted octanol–water partition coefficient (Wildman–Crippen LogP) is 5.50. The second-order valence-corrected chi connectivity index (χ2v) is 8.22. The molecule has 1 N–H and O–H groups in total. The van der Waals surface area contributed by atoms with E-state index >= 15 is 0 Å². The van der Waals surface area contributed by atoms with Crippen molar-refractivity contribution < 1.29 is 9.53 Å². The van der Waals surface area contributed by atoms with E-state index in [9.17, 15) is 4.79 Å². The number of fused-ring (bicyclic) bond motifs is 1. The molecule has 6 heteroatoms. The average molecular weight is 420 g/mol. The molecule has 0 aliphatic heterocycles. The van der Waals surface area contributed by atoms with Gasteiger partial charge in [-0.05, 0) is 55.1 Å². The van der Waals surface area contributed by atoms with Gasteiger partial charge in [0.15, 0.2) is 0 Å². The van der Waals surface area contributed by atoms with E-state index in [0.717, 1.165) is 34.5 Å². The summed E-state index contributed by atoms with van der Waals surface area (Å²) < 4.78 is 7.87. The topological polar surface area (TPSA) is 56.2 Å². The highest BCUT2D eigenvalue weighted by atomic mass is 32.1. The van der Waals surface area contributed by atoms with Crippen molar-refractivity contribution in [1.29, 1.82) is 0 Å². The second-order valence-electron chi connectivity index (χ2n) is 7.31. The minimum Gasteiger partial charge on any atom is -0.489 e. The van der Waals surface area contributed by atoms with Crippen molar-refractivity contribution in [3.63, 3.8) is 0 Å². The van der Waals surface area contributed by atoms with Gasteiger partial charge in [-0.3, -0.25) is 9.48 Å². The number of rotatable bonds is 7. The van der Waals surface area contributed by atoms with E-state index < -0.39 is 0 Å². The Kier molecular flexibility index (Phi) is 5.86. The Morgan fingerprint density at radius 2 is 2.00 bits per heavy atom. The predicted molar refractivity (Wildman–Crippen MR) is 121 cm³/mol. The molecule has 0 saturated carbocycles. The lowest BCUT2D eigenvalue weighted by atomic mass is 10.1. The van der Waals surface area contributed by atoms with Crippen LogP contribution in [0, 0.1) is 6.92 Å². The van der Waals surface area contributed by atoms with Gasteiger partial charge in [0.2, 0.25) is 0 Å². The number of aryl methyl sites for hydroxylation is 1. The van der Waals surface area contributed by atoms with Crippen molar-refractivity contribution in [3.05, 3.63) is 81.8 Å². The number of nitrogens with zero attached hydrogens (tertiary/aromatic N) is 2. The molecule has 2 aromatic carbocycles. The number of aromatic nitrogens is 2. The fraction of sp³-hybridized carbons (Fsp3) is 0.250. The maximum absolute atomic E-state index is 12.7. The summed E-state index contributed by atoms with van der Waals surface area (Å²) in [5, 5.41) is 11.7. The largest absolute Gasteiger partial charge is 0.489 e. The van der Waals surface area contributed by atoms with Crippen molar-refractivity contribution in [2.75, 3.05) is 0 Å². The number of ether oxygens (including phenoxy) is 1. The van der Waals surface area contributed by atoms with Crippen LogP contribution in [-0.2, 0) is 13.2 Å². The maximum Gasteiger partial charge on any atom is 0.261 e. The molecule has 0 radical (unpaired) electrons. The Bertz CT molecular complexity index is 1180. The molecular weight excluding hydrogens is 394 g/mol. The molecule has 5 nitrogen and oxygen atoms in total. The molecule has 4 aromatic rings. The molecule has 1 amide bonds. The number of carbonyl (C=O) groups excluding carboxylic acids is 1. The maximum atomic E-state index is 12.7. The summed E-state index contributed by atoms with van der Waals surface area (Å²) in [7, 11) is 0. The molecule has 30 heavy (non-hydrogen) atoms. The zero-order chi connectivity index (χ0) is 21.1. The minimum absolute atomic E-state index is 0.0758. The van der Waals surface area contributed by atoms with Gasteiger partial charge in [-0.15, -0.1) is 11.3 Å². The van der Waals surface area contributed by atoms with Gasteiger partial charge in [-0.25, -0.2) is 0 Å². The van der Waals surface area contributed by atoms with Crippen LogP contribution in [0.2, 0.25) is 0 Å². The summed E-state index contributed by atoms with van der Waals surface area (Å²) in [6.45, 7) is 7.32. The molecular formula is C24H25N3O2S. The van der Waals surface area contributed by atoms with E-state index in [1.165, 1.54) is 16.7 Å². The Labute approximate surface area is 180 Å². The summed E-state index contributed by atoms with van der Waals surface area (Å²) in [4.78, 5) is 13.4. The smallest absolute Gasteiger partial charge is 0.261 e. The highest BCUT2D eigenvalue weighted by molar-refractivity contribution is 7.12. The third-order valence-corrected chi connectivity index (χ3v) is 6.24. The minimum atomic E-state index is -0.0998. The molecule has 0 saturated heterocycles. The summed E-state index contributed by atoms with van der Waals surface area (Å²) in [5.74, 6) is 0.746. The van der Waals surface area contributed by atoms with Gasteiger partial charge in [-0.1, -0.05) is 30.3 Å². The Balaban J connectivity index is 1.37. The Hall–Kier alpha value is -3.12. The quantitative estimate of drug-likeness (QED) is 0.431. The van der Waals surface area contributed by atoms with Crippen molar-refractivity contribution >= 4 is 28.0 Å². The monoisotopic (exact) mass is 419 g/mol. The van der Waals surface area contributed by atoms with E-state index in [2.05, 4.69) is 35.5 Å². The molecule has 0 fully saturated rings. The zero-order valence-electron chi connectivity index (χ0n) is 17.4. The van der Waals surface area contributed by atoms with Crippen LogP contribution in [0.25, 0.3) is 10.8 Å². The highest BCUT2D eigenvalue weighted by Crippen LogP contribution is 2.23. The molecule has 0 spiro atoms. The summed E-state index contributed by atoms with van der Waals surface area (Å²) >= 11 is 1.43. The van der Waals surface area contributed by atoms with Crippen LogP contribution >= 0.6 is 11.3 Å². The number of thiophene rings is 1. The number of amides is 1. The molecule has 1 atom stereocenters. The fourth-order valence-corrected chi connectivity index (χ4v) is 4.34. The molecule has 1 unspecified atom stereocenters. The van der Waals surface area contributed by atoms with Gasteiger partial charge in [0.1, 0.15) is 12.4 Å². The molecule has 154 valence electrons. The van der Waals surface area contributed by atoms with Crippen LogP contribution in [0.3, 0.4) is 0 Å². The van der Waals surface area contributed by atoms with E-state index in [0.29, 0.717) is 11.5 Å². The number of benzene rings is 2. The molecule has 4 rings (SSSR count). The number of carbonyl (C=O) groups is 1. The lowest BCUT2D eigenvalue weighted by Crippen LogP contribution is -2.26. The van der Waals surface area contributed by atoms with Crippen LogP contribution in [0.4, 0.5) is 0 Å². The first-order chi connectivity index (χ1) is 14.5. The number of hydrogen-bond acceptors (Lipinski definition) is 4. The van der Waals surface area contributed by atoms with Gasteiger partial charge in [0, 0.05) is 23.4 Å². The second kappa shape index (κ2) is 8.71. The highest BCUT2D eigenvalue weighted by Gasteiger charge is 2.17. The molecule has 2 heterocycles. The van der Waals surface area contributed by atoms with Gasteiger partial charge in [-0.2, -0.15) is 5.10 Å². The van der Waals surface area contributed by atoms with Gasteiger partial charge >= 0.3 is 0 Å². The molecule has 0 aliphatic carbocycles. The van der Waals surface area contributed by atoms with Crippen LogP contribution in [0.1, 0.15) is 46.4 Å². The first-order valence-electron chi connectivity index (χ1n) is 10.1. The van der Waals surface area contributed by atoms with E-state index in [1.54, 1.807) is 0 Å². The van der Waals surface area contributed by atoms with Crippen molar-refractivity contribution in [2.24, 2.45) is 0 Å². The molecule has 0 bridgehead atoms. The summed E-state index contributed by atoms with van der Waals surface area (Å²) in [6, 6.07) is 16.1. The Morgan fingerprint density at radius 1 is 1.20 bits per heavy atom. The third-order valence-electron chi connectivity index (χ3n) is 5.26. The van der Waals surface area contributed by atoms with E-state index in [4.69, 9.17) is 4.74 Å². The van der Waals surface area contributed by atoms with E-state index in [-0.39, 0.29) is 11.9 Å². The standard InChI is InChI=1S/C24H25N3O2S/c1-4-27-17(3)22(13-25-27)16(2)26-24(28)23-11-18(15-30-23)14-29-21-10-9-19-7-5-6-8-20(19)12-21/h5-13,15-16H,4,14H2,1-3H3,(H,26,28). The van der Waals surface area contributed by atoms with Crippen LogP contribution < -0.4 is 10.1 Å². The Morgan fingerprint density at radius 3 is 2.77 bits per heavy atom. The lowest BCUT2D eigenvalue weighted by molar-refractivity contribution is 0.0944. The van der Waals surface area contributed by atoms with E-state index in [1.807, 2.05) is 60.4 Å². The van der Waals surface area contributed by atoms with Crippen molar-refractivity contribution in [1.82, 2.24) is 15.1 Å². The first-order valence-corrected chi connectivity index (χ1v) is 10.9. The third kappa shape index (κ3) is 4.24. The SMILES string of the molecule is CCn1ncc(C(C)NC(=O)c2cc(COc3ccc4ccccc4c3)cs2)c1C. The normalized spacial score (nSPS) is 12.1. The van der Waals surface area contributed by atoms with Gasteiger partial charge in [0.25, 0.3) is 5.91 Å². The number of hydrogen-bond donors (Lipinski definition) is 1. The van der Waals surface area contributed by atoms with Crippen molar-refractivity contribution in [2.45, 2.75) is 40.0 Å². The first kappa shape index (κ1) is 20.2. The van der Waals surface area contributed by atoms with Crippen LogP contribution in [0.5, 0.6) is 5.75 Å². The van der Waals surface area contributed by atoms with Crippen LogP contribution in [0.15, 0.2) is 60.1 Å². The van der Waals surface area contributed by atoms with Gasteiger partial charge < -0.3 is 10.1 Å². The molecule has 0 aliphatic rings. The van der Waals surface area contributed by atoms with Gasteiger partial charge in [0.05, 0.1) is 17.1 Å². The fourth-order valence-electron chi connectivity index (χ4n) is 3.54. The summed E-state index contributed by atoms with van der Waals surface area (Å²) in [5.41, 5.74) is 3.11. The zero-order valence-corrected chi connectivity index (χ0v) is 18.2. The molecule has 2 aromatic heterocycles.